The fourth-order valence-corrected chi connectivity index (χ4v) is 1.47. The first-order chi connectivity index (χ1) is 7.78. The van der Waals surface area contributed by atoms with Gasteiger partial charge in [-0.1, -0.05) is 29.8 Å². The number of nitrogens with zero attached hydrogens (tertiary/aromatic N) is 2. The molecule has 0 saturated heterocycles. The lowest BCUT2D eigenvalue weighted by molar-refractivity contribution is 0.395. The van der Waals surface area contributed by atoms with Gasteiger partial charge in [0.25, 0.3) is 0 Å². The summed E-state index contributed by atoms with van der Waals surface area (Å²) in [7, 11) is 1.61. The third kappa shape index (κ3) is 2.57. The predicted octanol–water partition coefficient (Wildman–Crippen LogP) is 2.38. The molecule has 0 N–H and O–H groups in total. The van der Waals surface area contributed by atoms with E-state index in [2.05, 4.69) is 41.2 Å². The third-order valence-electron chi connectivity index (χ3n) is 2.37. The van der Waals surface area contributed by atoms with Gasteiger partial charge in [0, 0.05) is 18.7 Å². The van der Waals surface area contributed by atoms with Gasteiger partial charge in [-0.3, -0.25) is 0 Å². The highest BCUT2D eigenvalue weighted by molar-refractivity contribution is 5.24. The van der Waals surface area contributed by atoms with Gasteiger partial charge in [0.05, 0.1) is 7.11 Å². The summed E-state index contributed by atoms with van der Waals surface area (Å²) in [4.78, 5) is 8.49. The SMILES string of the molecule is COc1ccnc(Cc2ccc(C)cc2)n1. The highest BCUT2D eigenvalue weighted by Gasteiger charge is 2.00. The van der Waals surface area contributed by atoms with Crippen LogP contribution in [-0.2, 0) is 6.42 Å². The molecule has 0 fully saturated rings. The Morgan fingerprint density at radius 2 is 1.88 bits per heavy atom. The molecule has 3 nitrogen and oxygen atoms in total. The number of rotatable bonds is 3. The molecule has 0 unspecified atom stereocenters. The lowest BCUT2D eigenvalue weighted by Crippen LogP contribution is -1.98. The van der Waals surface area contributed by atoms with Crippen LogP contribution in [0.4, 0.5) is 0 Å². The zero-order valence-electron chi connectivity index (χ0n) is 9.47. The van der Waals surface area contributed by atoms with Gasteiger partial charge in [-0.05, 0) is 12.5 Å². The van der Waals surface area contributed by atoms with Crippen LogP contribution in [0.25, 0.3) is 0 Å². The van der Waals surface area contributed by atoms with E-state index in [-0.39, 0.29) is 0 Å². The number of hydrogen-bond donors (Lipinski definition) is 0. The first kappa shape index (κ1) is 10.6. The molecule has 0 radical (unpaired) electrons. The van der Waals surface area contributed by atoms with Crippen LogP contribution in [0.15, 0.2) is 36.5 Å². The number of benzene rings is 1. The van der Waals surface area contributed by atoms with Gasteiger partial charge in [-0.15, -0.1) is 0 Å². The van der Waals surface area contributed by atoms with Crippen LogP contribution in [0.3, 0.4) is 0 Å². The first-order valence-electron chi connectivity index (χ1n) is 5.19. The molecule has 16 heavy (non-hydrogen) atoms. The van der Waals surface area contributed by atoms with E-state index in [1.54, 1.807) is 19.4 Å². The number of aryl methyl sites for hydroxylation is 1. The zero-order valence-corrected chi connectivity index (χ0v) is 9.47. The van der Waals surface area contributed by atoms with Crippen molar-refractivity contribution in [3.8, 4) is 5.88 Å². The molecule has 0 saturated carbocycles. The summed E-state index contributed by atoms with van der Waals surface area (Å²) in [5.41, 5.74) is 2.47. The second-order valence-electron chi connectivity index (χ2n) is 3.68. The van der Waals surface area contributed by atoms with Crippen molar-refractivity contribution < 1.29 is 4.74 Å². The summed E-state index contributed by atoms with van der Waals surface area (Å²) in [6.07, 6.45) is 2.45. The smallest absolute Gasteiger partial charge is 0.216 e. The Kier molecular flexibility index (Phi) is 3.15. The van der Waals surface area contributed by atoms with Crippen molar-refractivity contribution >= 4 is 0 Å². The molecule has 0 aliphatic heterocycles. The monoisotopic (exact) mass is 214 g/mol. The lowest BCUT2D eigenvalue weighted by atomic mass is 10.1. The molecule has 1 aromatic carbocycles. The molecule has 82 valence electrons. The van der Waals surface area contributed by atoms with Crippen molar-refractivity contribution in [1.29, 1.82) is 0 Å². The molecule has 0 atom stereocenters. The molecule has 0 amide bonds. The number of methoxy groups -OCH3 is 1. The minimum atomic E-state index is 0.608. The van der Waals surface area contributed by atoms with Crippen molar-refractivity contribution in [3.63, 3.8) is 0 Å². The Bertz CT molecular complexity index is 466. The maximum atomic E-state index is 5.06. The van der Waals surface area contributed by atoms with Crippen LogP contribution in [0, 0.1) is 6.92 Å². The minimum Gasteiger partial charge on any atom is -0.481 e. The first-order valence-corrected chi connectivity index (χ1v) is 5.19. The van der Waals surface area contributed by atoms with Crippen molar-refractivity contribution in [3.05, 3.63) is 53.5 Å². The van der Waals surface area contributed by atoms with E-state index in [1.807, 2.05) is 0 Å². The maximum absolute atomic E-state index is 5.06. The second-order valence-corrected chi connectivity index (χ2v) is 3.68. The lowest BCUT2D eigenvalue weighted by Gasteiger charge is -2.03. The van der Waals surface area contributed by atoms with E-state index in [1.165, 1.54) is 11.1 Å². The van der Waals surface area contributed by atoms with Crippen LogP contribution in [0.5, 0.6) is 5.88 Å². The van der Waals surface area contributed by atoms with Gasteiger partial charge in [-0.25, -0.2) is 4.98 Å². The van der Waals surface area contributed by atoms with E-state index in [0.29, 0.717) is 5.88 Å². The number of hydrogen-bond acceptors (Lipinski definition) is 3. The molecule has 3 heteroatoms. The Balaban J connectivity index is 2.16. The van der Waals surface area contributed by atoms with Gasteiger partial charge in [0.2, 0.25) is 5.88 Å². The van der Waals surface area contributed by atoms with Crippen molar-refractivity contribution in [2.45, 2.75) is 13.3 Å². The van der Waals surface area contributed by atoms with Crippen LogP contribution in [0.2, 0.25) is 0 Å². The summed E-state index contributed by atoms with van der Waals surface area (Å²) >= 11 is 0. The molecular formula is C13H14N2O. The average molecular weight is 214 g/mol. The van der Waals surface area contributed by atoms with E-state index >= 15 is 0 Å². The fraction of sp³-hybridized carbons (Fsp3) is 0.231. The molecule has 0 spiro atoms. The molecule has 0 bridgehead atoms. The third-order valence-corrected chi connectivity index (χ3v) is 2.37. The van der Waals surface area contributed by atoms with Crippen molar-refractivity contribution in [1.82, 2.24) is 9.97 Å². The zero-order chi connectivity index (χ0) is 11.4. The summed E-state index contributed by atoms with van der Waals surface area (Å²) in [6, 6.07) is 10.1. The van der Waals surface area contributed by atoms with Gasteiger partial charge in [0.1, 0.15) is 5.82 Å². The number of aromatic nitrogens is 2. The van der Waals surface area contributed by atoms with Crippen molar-refractivity contribution in [2.75, 3.05) is 7.11 Å². The fourth-order valence-electron chi connectivity index (χ4n) is 1.47. The van der Waals surface area contributed by atoms with E-state index < -0.39 is 0 Å². The molecule has 1 heterocycles. The Hall–Kier alpha value is -1.90. The summed E-state index contributed by atoms with van der Waals surface area (Å²) < 4.78 is 5.06. The Morgan fingerprint density at radius 3 is 2.56 bits per heavy atom. The van der Waals surface area contributed by atoms with E-state index in [4.69, 9.17) is 4.74 Å². The van der Waals surface area contributed by atoms with Gasteiger partial charge in [0.15, 0.2) is 0 Å². The van der Waals surface area contributed by atoms with Crippen LogP contribution in [-0.4, -0.2) is 17.1 Å². The summed E-state index contributed by atoms with van der Waals surface area (Å²) in [6.45, 7) is 2.08. The summed E-state index contributed by atoms with van der Waals surface area (Å²) in [5, 5.41) is 0. The Morgan fingerprint density at radius 1 is 1.12 bits per heavy atom. The molecular weight excluding hydrogens is 200 g/mol. The van der Waals surface area contributed by atoms with Gasteiger partial charge in [-0.2, -0.15) is 4.98 Å². The largest absolute Gasteiger partial charge is 0.481 e. The highest BCUT2D eigenvalue weighted by Crippen LogP contribution is 2.10. The average Bonchev–Trinajstić information content (AvgIpc) is 2.32. The second kappa shape index (κ2) is 4.75. The molecule has 0 aliphatic carbocycles. The molecule has 0 aliphatic rings. The number of ether oxygens (including phenoxy) is 1. The topological polar surface area (TPSA) is 35.0 Å². The standard InChI is InChI=1S/C13H14N2O/c1-10-3-5-11(6-4-10)9-12-14-8-7-13(15-12)16-2/h3-8H,9H2,1-2H3. The van der Waals surface area contributed by atoms with Crippen LogP contribution in [0.1, 0.15) is 17.0 Å². The molecule has 2 aromatic rings. The minimum absolute atomic E-state index is 0.608. The van der Waals surface area contributed by atoms with Crippen LogP contribution < -0.4 is 4.74 Å². The van der Waals surface area contributed by atoms with E-state index in [9.17, 15) is 0 Å². The van der Waals surface area contributed by atoms with Gasteiger partial charge < -0.3 is 4.74 Å². The van der Waals surface area contributed by atoms with Crippen LogP contribution >= 0.6 is 0 Å². The quantitative estimate of drug-likeness (QED) is 0.786. The molecule has 2 rings (SSSR count). The van der Waals surface area contributed by atoms with E-state index in [0.717, 1.165) is 12.2 Å². The Labute approximate surface area is 95.1 Å². The van der Waals surface area contributed by atoms with Crippen molar-refractivity contribution in [2.24, 2.45) is 0 Å². The summed E-state index contributed by atoms with van der Waals surface area (Å²) in [5.74, 6) is 1.39. The maximum Gasteiger partial charge on any atom is 0.216 e. The molecule has 1 aromatic heterocycles. The predicted molar refractivity (Wildman–Crippen MR) is 62.6 cm³/mol. The van der Waals surface area contributed by atoms with Gasteiger partial charge >= 0.3 is 0 Å². The highest BCUT2D eigenvalue weighted by atomic mass is 16.5. The normalized spacial score (nSPS) is 10.1.